The topological polar surface area (TPSA) is 54.5 Å². The Morgan fingerprint density at radius 3 is 2.74 bits per heavy atom. The minimum atomic E-state index is -0.314. The van der Waals surface area contributed by atoms with Crippen LogP contribution in [0.15, 0.2) is 48.5 Å². The maximum atomic E-state index is 13.3. The smallest absolute Gasteiger partial charge is 0.252 e. The van der Waals surface area contributed by atoms with Crippen LogP contribution >= 0.6 is 0 Å². The second kappa shape index (κ2) is 7.65. The molecule has 1 aliphatic heterocycles. The molecule has 5 rings (SSSR count). The zero-order chi connectivity index (χ0) is 21.6. The number of nitrogens with zero attached hydrogens (tertiary/aromatic N) is 2. The molecule has 31 heavy (non-hydrogen) atoms. The van der Waals surface area contributed by atoms with E-state index in [0.717, 1.165) is 59.3 Å². The first kappa shape index (κ1) is 20.0. The van der Waals surface area contributed by atoms with Crippen LogP contribution in [0.2, 0.25) is 0 Å². The fourth-order valence-corrected chi connectivity index (χ4v) is 4.45. The number of fused-ring (bicyclic) bond motifs is 1. The van der Waals surface area contributed by atoms with Gasteiger partial charge in [-0.1, -0.05) is 24.3 Å². The van der Waals surface area contributed by atoms with Crippen molar-refractivity contribution in [3.63, 3.8) is 0 Å². The molecule has 3 aromatic rings. The molecule has 0 bridgehead atoms. The number of likely N-dealkylation sites (tertiary alicyclic amines) is 1. The highest BCUT2D eigenvalue weighted by Gasteiger charge is 2.46. The van der Waals surface area contributed by atoms with Crippen LogP contribution < -0.4 is 10.1 Å². The van der Waals surface area contributed by atoms with Gasteiger partial charge >= 0.3 is 0 Å². The molecule has 0 spiro atoms. The summed E-state index contributed by atoms with van der Waals surface area (Å²) in [6, 6.07) is 16.6. The number of carbonyl (C=O) groups is 1. The van der Waals surface area contributed by atoms with Gasteiger partial charge in [-0.2, -0.15) is 0 Å². The Bertz CT molecular complexity index is 1150. The van der Waals surface area contributed by atoms with Gasteiger partial charge < -0.3 is 10.1 Å². The lowest BCUT2D eigenvalue weighted by atomic mass is 9.98. The first-order valence-electron chi connectivity index (χ1n) is 11.1. The number of ether oxygens (including phenoxy) is 1. The Kier molecular flexibility index (Phi) is 4.94. The maximum absolute atomic E-state index is 13.3. The fourth-order valence-electron chi connectivity index (χ4n) is 4.45. The first-order valence-corrected chi connectivity index (χ1v) is 11.1. The Morgan fingerprint density at radius 1 is 1.19 bits per heavy atom. The van der Waals surface area contributed by atoms with Crippen molar-refractivity contribution in [3.05, 3.63) is 70.9 Å². The third-order valence-corrected chi connectivity index (χ3v) is 6.82. The number of amides is 1. The van der Waals surface area contributed by atoms with E-state index in [9.17, 15) is 4.79 Å². The van der Waals surface area contributed by atoms with E-state index in [1.807, 2.05) is 50.2 Å². The van der Waals surface area contributed by atoms with Crippen molar-refractivity contribution in [1.29, 1.82) is 0 Å². The van der Waals surface area contributed by atoms with Gasteiger partial charge in [0.2, 0.25) is 0 Å². The molecule has 0 radical (unpaired) electrons. The van der Waals surface area contributed by atoms with Crippen LogP contribution in [0.3, 0.4) is 0 Å². The van der Waals surface area contributed by atoms with E-state index in [-0.39, 0.29) is 11.4 Å². The highest BCUT2D eigenvalue weighted by molar-refractivity contribution is 5.97. The van der Waals surface area contributed by atoms with Gasteiger partial charge in [-0.25, -0.2) is 0 Å². The Balaban J connectivity index is 1.37. The van der Waals surface area contributed by atoms with E-state index in [0.29, 0.717) is 18.2 Å². The molecule has 5 nitrogen and oxygen atoms in total. The molecule has 1 N–H and O–H groups in total. The van der Waals surface area contributed by atoms with E-state index in [1.165, 1.54) is 0 Å². The van der Waals surface area contributed by atoms with Crippen molar-refractivity contribution in [2.24, 2.45) is 0 Å². The number of hydrogen-bond donors (Lipinski definition) is 1. The van der Waals surface area contributed by atoms with Crippen molar-refractivity contribution < 1.29 is 9.53 Å². The second-order valence-corrected chi connectivity index (χ2v) is 9.07. The fraction of sp³-hybridized carbons (Fsp3) is 0.385. The summed E-state index contributed by atoms with van der Waals surface area (Å²) in [5, 5.41) is 4.45. The predicted octanol–water partition coefficient (Wildman–Crippen LogP) is 4.35. The highest BCUT2D eigenvalue weighted by atomic mass is 16.5. The SMILES string of the molecule is Cc1ccc2c(C3(NC(=O)c4cc(OC[C@@H]5CCN5C)ccc4C)CC3)cccc2n1. The molecule has 1 aliphatic carbocycles. The minimum Gasteiger partial charge on any atom is -0.492 e. The lowest BCUT2D eigenvalue weighted by Gasteiger charge is -2.37. The maximum Gasteiger partial charge on any atom is 0.252 e. The van der Waals surface area contributed by atoms with Crippen LogP contribution in [0.1, 0.15) is 46.4 Å². The predicted molar refractivity (Wildman–Crippen MR) is 123 cm³/mol. The third-order valence-electron chi connectivity index (χ3n) is 6.82. The van der Waals surface area contributed by atoms with Gasteiger partial charge in [0.1, 0.15) is 12.4 Å². The quantitative estimate of drug-likeness (QED) is 0.650. The number of benzene rings is 2. The van der Waals surface area contributed by atoms with Crippen LogP contribution in [-0.4, -0.2) is 42.0 Å². The Morgan fingerprint density at radius 2 is 2.03 bits per heavy atom. The molecular weight excluding hydrogens is 386 g/mol. The molecule has 2 aromatic carbocycles. The third kappa shape index (κ3) is 3.79. The number of rotatable bonds is 6. The average molecular weight is 416 g/mol. The van der Waals surface area contributed by atoms with Gasteiger partial charge in [0, 0.05) is 22.7 Å². The molecule has 1 saturated heterocycles. The molecule has 2 fully saturated rings. The van der Waals surface area contributed by atoms with Gasteiger partial charge in [0.05, 0.1) is 11.1 Å². The molecule has 1 amide bonds. The van der Waals surface area contributed by atoms with Crippen molar-refractivity contribution in [3.8, 4) is 5.75 Å². The van der Waals surface area contributed by atoms with Gasteiger partial charge in [0.15, 0.2) is 0 Å². The number of likely N-dealkylation sites (N-methyl/N-ethyl adjacent to an activating group) is 1. The number of carbonyl (C=O) groups excluding carboxylic acids is 1. The number of pyridine rings is 1. The number of aromatic nitrogens is 1. The summed E-state index contributed by atoms with van der Waals surface area (Å²) in [7, 11) is 2.12. The molecule has 2 aliphatic rings. The zero-order valence-electron chi connectivity index (χ0n) is 18.4. The minimum absolute atomic E-state index is 0.0433. The Hall–Kier alpha value is -2.92. The number of nitrogens with one attached hydrogen (secondary N) is 1. The summed E-state index contributed by atoms with van der Waals surface area (Å²) in [5.74, 6) is 0.712. The zero-order valence-corrected chi connectivity index (χ0v) is 18.4. The first-order chi connectivity index (χ1) is 14.9. The Labute approximate surface area is 183 Å². The van der Waals surface area contributed by atoms with Crippen LogP contribution in [0.4, 0.5) is 0 Å². The van der Waals surface area contributed by atoms with Crippen LogP contribution in [0.5, 0.6) is 5.75 Å². The van der Waals surface area contributed by atoms with Crippen molar-refractivity contribution in [1.82, 2.24) is 15.2 Å². The molecule has 1 aromatic heterocycles. The molecule has 1 saturated carbocycles. The van der Waals surface area contributed by atoms with Gasteiger partial charge in [-0.05, 0) is 82.1 Å². The van der Waals surface area contributed by atoms with Crippen molar-refractivity contribution in [2.75, 3.05) is 20.2 Å². The standard InChI is InChI=1S/C26H29N3O2/c1-17-7-9-20(31-16-19-11-14-29(19)3)15-22(17)25(30)28-26(12-13-26)23-5-4-6-24-21(23)10-8-18(2)27-24/h4-10,15,19H,11-14,16H2,1-3H3,(H,28,30)/t19-/m0/s1. The van der Waals surface area contributed by atoms with Crippen LogP contribution in [-0.2, 0) is 5.54 Å². The number of hydrogen-bond acceptors (Lipinski definition) is 4. The van der Waals surface area contributed by atoms with Gasteiger partial charge in [-0.3, -0.25) is 14.7 Å². The molecule has 160 valence electrons. The molecule has 5 heteroatoms. The lowest BCUT2D eigenvalue weighted by molar-refractivity contribution is 0.0767. The van der Waals surface area contributed by atoms with Gasteiger partial charge in [-0.15, -0.1) is 0 Å². The van der Waals surface area contributed by atoms with Crippen LogP contribution in [0.25, 0.3) is 10.9 Å². The summed E-state index contributed by atoms with van der Waals surface area (Å²) in [6.07, 6.45) is 3.04. The molecular formula is C26H29N3O2. The summed E-state index contributed by atoms with van der Waals surface area (Å²) in [4.78, 5) is 20.3. The summed E-state index contributed by atoms with van der Waals surface area (Å²) >= 11 is 0. The van der Waals surface area contributed by atoms with Crippen molar-refractivity contribution in [2.45, 2.75) is 44.7 Å². The second-order valence-electron chi connectivity index (χ2n) is 9.07. The summed E-state index contributed by atoms with van der Waals surface area (Å²) < 4.78 is 6.00. The molecule has 1 atom stereocenters. The monoisotopic (exact) mass is 415 g/mol. The van der Waals surface area contributed by atoms with E-state index < -0.39 is 0 Å². The van der Waals surface area contributed by atoms with E-state index in [1.54, 1.807) is 0 Å². The summed E-state index contributed by atoms with van der Waals surface area (Å²) in [6.45, 7) is 5.76. The van der Waals surface area contributed by atoms with Gasteiger partial charge in [0.25, 0.3) is 5.91 Å². The van der Waals surface area contributed by atoms with E-state index in [4.69, 9.17) is 4.74 Å². The van der Waals surface area contributed by atoms with Crippen LogP contribution in [0, 0.1) is 13.8 Å². The molecule has 2 heterocycles. The highest BCUT2D eigenvalue weighted by Crippen LogP contribution is 2.48. The van der Waals surface area contributed by atoms with E-state index >= 15 is 0 Å². The average Bonchev–Trinajstić information content (AvgIpc) is 3.53. The lowest BCUT2D eigenvalue weighted by Crippen LogP contribution is -2.48. The van der Waals surface area contributed by atoms with Crippen molar-refractivity contribution >= 4 is 16.8 Å². The summed E-state index contributed by atoms with van der Waals surface area (Å²) in [5.41, 5.74) is 4.45. The van der Waals surface area contributed by atoms with E-state index in [2.05, 4.69) is 34.4 Å². The molecule has 0 unspecified atom stereocenters. The normalized spacial score (nSPS) is 19.6. The largest absolute Gasteiger partial charge is 0.492 e. The number of aryl methyl sites for hydroxylation is 2.